The first-order valence-corrected chi connectivity index (χ1v) is 10.2. The Morgan fingerprint density at radius 3 is 2.16 bits per heavy atom. The van der Waals surface area contributed by atoms with Crippen molar-refractivity contribution in [3.8, 4) is 17.2 Å². The number of nitrogens with one attached hydrogen (secondary N) is 1. The lowest BCUT2D eigenvalue weighted by molar-refractivity contribution is -0.857. The predicted octanol–water partition coefficient (Wildman–Crippen LogP) is 0.0809. The van der Waals surface area contributed by atoms with Crippen LogP contribution in [0.2, 0.25) is 0 Å². The number of ketones is 1. The number of amides is 1. The molecule has 1 amide bonds. The van der Waals surface area contributed by atoms with Gasteiger partial charge in [-0.05, 0) is 35.9 Å². The van der Waals surface area contributed by atoms with Gasteiger partial charge in [-0.1, -0.05) is 17.9 Å². The van der Waals surface area contributed by atoms with Crippen molar-refractivity contribution in [3.05, 3.63) is 59.2 Å². The van der Waals surface area contributed by atoms with Gasteiger partial charge < -0.3 is 29.1 Å². The smallest absolute Gasteiger partial charge is 0.295 e. The maximum absolute atomic E-state index is 13.5. The monoisotopic (exact) mass is 440 g/mol. The number of carbonyl (C=O) groups excluding carboxylic acids is 2. The van der Waals surface area contributed by atoms with Crippen molar-refractivity contribution in [1.82, 2.24) is 4.90 Å². The van der Waals surface area contributed by atoms with Crippen LogP contribution in [0.3, 0.4) is 0 Å². The number of nitrogens with zero attached hydrogens (tertiary/aromatic N) is 1. The average molecular weight is 440 g/mol. The van der Waals surface area contributed by atoms with Gasteiger partial charge in [0.05, 0.1) is 54.6 Å². The van der Waals surface area contributed by atoms with Gasteiger partial charge in [-0.2, -0.15) is 0 Å². The zero-order chi connectivity index (χ0) is 23.4. The second-order valence-electron chi connectivity index (χ2n) is 7.77. The number of hydrogen-bond donors (Lipinski definition) is 1. The lowest BCUT2D eigenvalue weighted by atomic mass is 9.94. The Morgan fingerprint density at radius 2 is 1.59 bits per heavy atom. The number of methoxy groups -OCH3 is 3. The molecular weight excluding hydrogens is 412 g/mol. The molecule has 1 fully saturated rings. The molecule has 8 nitrogen and oxygen atoms in total. The van der Waals surface area contributed by atoms with Gasteiger partial charge in [0.2, 0.25) is 5.78 Å². The molecular formula is C24H28N2O6. The number of carbonyl (C=O) groups is 2. The molecule has 1 aliphatic rings. The number of Topliss-reactive ketones (excluding diaryl/α,β-unsaturated/α-hetero) is 1. The Morgan fingerprint density at radius 1 is 0.969 bits per heavy atom. The minimum absolute atomic E-state index is 0.0968. The summed E-state index contributed by atoms with van der Waals surface area (Å²) < 4.78 is 16.0. The van der Waals surface area contributed by atoms with E-state index in [0.717, 1.165) is 4.90 Å². The standard InChI is InChI=1S/C24H28N2O6/c1-25(2)12-13-26-21(18-14-17(31-4)10-11-19(18)32-5)20(23(28)24(26)29)22(27)15-6-8-16(30-3)9-7-15/h6-11,14,21,27H,12-13H2,1-5H3. The third kappa shape index (κ3) is 4.40. The molecule has 170 valence electrons. The van der Waals surface area contributed by atoms with E-state index < -0.39 is 23.5 Å². The first-order valence-electron chi connectivity index (χ1n) is 10.2. The minimum atomic E-state index is -0.881. The van der Waals surface area contributed by atoms with Gasteiger partial charge in [0.1, 0.15) is 17.2 Å². The fourth-order valence-electron chi connectivity index (χ4n) is 3.72. The highest BCUT2D eigenvalue weighted by Crippen LogP contribution is 2.43. The van der Waals surface area contributed by atoms with E-state index in [1.807, 2.05) is 14.1 Å². The predicted molar refractivity (Wildman–Crippen MR) is 117 cm³/mol. The summed E-state index contributed by atoms with van der Waals surface area (Å²) in [5.74, 6) is -0.419. The fraction of sp³-hybridized carbons (Fsp3) is 0.333. The summed E-state index contributed by atoms with van der Waals surface area (Å²) in [6, 6.07) is 10.7. The third-order valence-electron chi connectivity index (χ3n) is 5.47. The highest BCUT2D eigenvalue weighted by molar-refractivity contribution is 6.46. The molecule has 1 aliphatic heterocycles. The Labute approximate surface area is 187 Å². The van der Waals surface area contributed by atoms with Crippen molar-refractivity contribution in [3.63, 3.8) is 0 Å². The van der Waals surface area contributed by atoms with Crippen molar-refractivity contribution >= 4 is 17.4 Å². The molecule has 1 N–H and O–H groups in total. The van der Waals surface area contributed by atoms with E-state index in [2.05, 4.69) is 0 Å². The molecule has 0 radical (unpaired) electrons. The molecule has 1 heterocycles. The summed E-state index contributed by atoms with van der Waals surface area (Å²) in [6.07, 6.45) is 0. The van der Waals surface area contributed by atoms with Crippen molar-refractivity contribution in [2.24, 2.45) is 0 Å². The van der Waals surface area contributed by atoms with Gasteiger partial charge in [-0.3, -0.25) is 9.59 Å². The largest absolute Gasteiger partial charge is 0.872 e. The fourth-order valence-corrected chi connectivity index (χ4v) is 3.72. The summed E-state index contributed by atoms with van der Waals surface area (Å²) in [4.78, 5) is 28.6. The number of ether oxygens (including phenoxy) is 3. The highest BCUT2D eigenvalue weighted by atomic mass is 16.5. The number of likely N-dealkylation sites (tertiary alicyclic amines) is 1. The molecule has 1 saturated heterocycles. The molecule has 0 saturated carbocycles. The number of likely N-dealkylation sites (N-methyl/N-ethyl adjacent to an activating group) is 1. The van der Waals surface area contributed by atoms with Gasteiger partial charge in [0.15, 0.2) is 0 Å². The zero-order valence-corrected chi connectivity index (χ0v) is 18.9. The normalized spacial score (nSPS) is 17.7. The quantitative estimate of drug-likeness (QED) is 0.355. The Bertz CT molecular complexity index is 1030. The van der Waals surface area contributed by atoms with Crippen LogP contribution in [-0.4, -0.2) is 65.1 Å². The summed E-state index contributed by atoms with van der Waals surface area (Å²) in [5, 5.41) is 13.5. The van der Waals surface area contributed by atoms with E-state index in [1.165, 1.54) is 26.2 Å². The van der Waals surface area contributed by atoms with E-state index >= 15 is 0 Å². The number of rotatable bonds is 8. The molecule has 0 aromatic heterocycles. The molecule has 2 aromatic carbocycles. The first kappa shape index (κ1) is 23.1. The van der Waals surface area contributed by atoms with E-state index in [0.29, 0.717) is 41.5 Å². The van der Waals surface area contributed by atoms with E-state index in [9.17, 15) is 14.7 Å². The Hall–Kier alpha value is -3.52. The lowest BCUT2D eigenvalue weighted by Crippen LogP contribution is -3.06. The van der Waals surface area contributed by atoms with Crippen LogP contribution in [0.5, 0.6) is 17.2 Å². The van der Waals surface area contributed by atoms with E-state index in [4.69, 9.17) is 14.2 Å². The number of hydrogen-bond acceptors (Lipinski definition) is 6. The second kappa shape index (κ2) is 9.74. The maximum atomic E-state index is 13.5. The maximum Gasteiger partial charge on any atom is 0.295 e. The van der Waals surface area contributed by atoms with Gasteiger partial charge in [-0.15, -0.1) is 0 Å². The van der Waals surface area contributed by atoms with Crippen LogP contribution in [0, 0.1) is 0 Å². The topological polar surface area (TPSA) is 92.6 Å². The van der Waals surface area contributed by atoms with Gasteiger partial charge in [-0.25, -0.2) is 0 Å². The molecule has 0 aliphatic carbocycles. The van der Waals surface area contributed by atoms with Crippen LogP contribution < -0.4 is 24.2 Å². The SMILES string of the molecule is COc1ccc(C([O-])=C2C(=O)C(=O)N(CC[NH+](C)C)C2c2cc(OC)ccc2OC)cc1. The summed E-state index contributed by atoms with van der Waals surface area (Å²) in [6.45, 7) is 0.906. The van der Waals surface area contributed by atoms with Gasteiger partial charge in [0, 0.05) is 11.1 Å². The molecule has 1 unspecified atom stereocenters. The summed E-state index contributed by atoms with van der Waals surface area (Å²) in [5.41, 5.74) is 0.728. The molecule has 1 atom stereocenters. The Kier molecular flexibility index (Phi) is 7.05. The lowest BCUT2D eigenvalue weighted by Gasteiger charge is -2.29. The first-order chi connectivity index (χ1) is 15.3. The molecule has 3 rings (SSSR count). The third-order valence-corrected chi connectivity index (χ3v) is 5.47. The van der Waals surface area contributed by atoms with E-state index in [1.54, 1.807) is 42.5 Å². The highest BCUT2D eigenvalue weighted by Gasteiger charge is 2.45. The van der Waals surface area contributed by atoms with E-state index in [-0.39, 0.29) is 5.57 Å². The second-order valence-corrected chi connectivity index (χ2v) is 7.77. The molecule has 2 aromatic rings. The summed E-state index contributed by atoms with van der Waals surface area (Å²) >= 11 is 0. The van der Waals surface area contributed by atoms with Crippen LogP contribution in [0.15, 0.2) is 48.0 Å². The minimum Gasteiger partial charge on any atom is -0.872 e. The van der Waals surface area contributed by atoms with Crippen molar-refractivity contribution in [2.45, 2.75) is 6.04 Å². The Balaban J connectivity index is 2.21. The molecule has 0 bridgehead atoms. The van der Waals surface area contributed by atoms with Crippen LogP contribution >= 0.6 is 0 Å². The van der Waals surface area contributed by atoms with Crippen molar-refractivity contribution in [1.29, 1.82) is 0 Å². The number of quaternary nitrogens is 1. The van der Waals surface area contributed by atoms with Gasteiger partial charge in [0.25, 0.3) is 5.91 Å². The molecule has 0 spiro atoms. The van der Waals surface area contributed by atoms with Gasteiger partial charge >= 0.3 is 0 Å². The zero-order valence-electron chi connectivity index (χ0n) is 18.9. The van der Waals surface area contributed by atoms with Crippen LogP contribution in [-0.2, 0) is 9.59 Å². The van der Waals surface area contributed by atoms with Crippen molar-refractivity contribution in [2.75, 3.05) is 48.5 Å². The molecule has 8 heteroatoms. The van der Waals surface area contributed by atoms with Crippen LogP contribution in [0.1, 0.15) is 17.2 Å². The van der Waals surface area contributed by atoms with Crippen molar-refractivity contribution < 1.29 is 33.8 Å². The van der Waals surface area contributed by atoms with Crippen LogP contribution in [0.25, 0.3) is 5.76 Å². The number of benzene rings is 2. The van der Waals surface area contributed by atoms with Crippen LogP contribution in [0.4, 0.5) is 0 Å². The summed E-state index contributed by atoms with van der Waals surface area (Å²) in [7, 11) is 8.47. The average Bonchev–Trinajstić information content (AvgIpc) is 3.06. The molecule has 32 heavy (non-hydrogen) atoms.